The van der Waals surface area contributed by atoms with Crippen LogP contribution in [0.1, 0.15) is 25.5 Å². The molecule has 0 amide bonds. The summed E-state index contributed by atoms with van der Waals surface area (Å²) in [5, 5.41) is 6.84. The zero-order chi connectivity index (χ0) is 15.8. The smallest absolute Gasteiger partial charge is 0.451 e. The van der Waals surface area contributed by atoms with Gasteiger partial charge in [0.05, 0.1) is 19.6 Å². The quantitative estimate of drug-likeness (QED) is 0.788. The van der Waals surface area contributed by atoms with Gasteiger partial charge in [-0.25, -0.2) is 0 Å². The van der Waals surface area contributed by atoms with Crippen molar-refractivity contribution in [1.29, 1.82) is 0 Å². The number of ether oxygens (including phenoxy) is 1. The zero-order valence-electron chi connectivity index (χ0n) is 12.0. The molecule has 2 heterocycles. The molecule has 0 fully saturated rings. The van der Waals surface area contributed by atoms with E-state index in [9.17, 15) is 18.0 Å². The SMILES string of the molecule is COC(=O)C(C)C(C)N1CCn2c(nnc2C(F)(F)F)C1. The van der Waals surface area contributed by atoms with Crippen molar-refractivity contribution >= 4 is 5.97 Å². The van der Waals surface area contributed by atoms with Gasteiger partial charge in [-0.3, -0.25) is 9.69 Å². The molecule has 9 heteroatoms. The van der Waals surface area contributed by atoms with Crippen LogP contribution in [-0.2, 0) is 28.8 Å². The van der Waals surface area contributed by atoms with Crippen molar-refractivity contribution in [3.05, 3.63) is 11.6 Å². The summed E-state index contributed by atoms with van der Waals surface area (Å²) in [4.78, 5) is 13.5. The van der Waals surface area contributed by atoms with E-state index in [1.165, 1.54) is 7.11 Å². The van der Waals surface area contributed by atoms with Crippen molar-refractivity contribution in [3.63, 3.8) is 0 Å². The van der Waals surface area contributed by atoms with Gasteiger partial charge in [-0.2, -0.15) is 13.2 Å². The fourth-order valence-electron chi connectivity index (χ4n) is 2.43. The average Bonchev–Trinajstić information content (AvgIpc) is 2.87. The summed E-state index contributed by atoms with van der Waals surface area (Å²) >= 11 is 0. The summed E-state index contributed by atoms with van der Waals surface area (Å²) < 4.78 is 44.0. The number of aromatic nitrogens is 3. The van der Waals surface area contributed by atoms with Gasteiger partial charge in [0, 0.05) is 19.1 Å². The number of hydrogen-bond donors (Lipinski definition) is 0. The van der Waals surface area contributed by atoms with E-state index in [0.29, 0.717) is 6.54 Å². The Morgan fingerprint density at radius 3 is 2.52 bits per heavy atom. The predicted molar refractivity (Wildman–Crippen MR) is 66.1 cm³/mol. The summed E-state index contributed by atoms with van der Waals surface area (Å²) in [6, 6.07) is -0.155. The lowest BCUT2D eigenvalue weighted by atomic mass is 10.0. The van der Waals surface area contributed by atoms with E-state index in [2.05, 4.69) is 10.2 Å². The van der Waals surface area contributed by atoms with E-state index in [4.69, 9.17) is 4.74 Å². The minimum atomic E-state index is -4.50. The molecule has 0 saturated carbocycles. The number of methoxy groups -OCH3 is 1. The van der Waals surface area contributed by atoms with Crippen LogP contribution in [0.25, 0.3) is 0 Å². The molecule has 1 aromatic heterocycles. The standard InChI is InChI=1S/C12H17F3N4O2/c1-7(10(20)21-3)8(2)18-4-5-19-9(6-18)16-17-11(19)12(13,14)15/h7-8H,4-6H2,1-3H3. The highest BCUT2D eigenvalue weighted by Crippen LogP contribution is 2.30. The molecular formula is C12H17F3N4O2. The van der Waals surface area contributed by atoms with Gasteiger partial charge in [-0.15, -0.1) is 10.2 Å². The Bertz CT molecular complexity index is 529. The van der Waals surface area contributed by atoms with E-state index in [0.717, 1.165) is 4.57 Å². The Kier molecular flexibility index (Phi) is 4.22. The van der Waals surface area contributed by atoms with Gasteiger partial charge in [0.25, 0.3) is 0 Å². The molecule has 1 aliphatic rings. The Hall–Kier alpha value is -1.64. The topological polar surface area (TPSA) is 60.2 Å². The van der Waals surface area contributed by atoms with Crippen LogP contribution in [0.3, 0.4) is 0 Å². The van der Waals surface area contributed by atoms with Gasteiger partial charge >= 0.3 is 12.1 Å². The van der Waals surface area contributed by atoms with Crippen molar-refractivity contribution in [2.24, 2.45) is 5.92 Å². The molecule has 1 aliphatic heterocycles. The molecule has 2 unspecified atom stereocenters. The molecule has 0 radical (unpaired) electrons. The van der Waals surface area contributed by atoms with Gasteiger partial charge in [0.15, 0.2) is 0 Å². The van der Waals surface area contributed by atoms with Gasteiger partial charge in [-0.1, -0.05) is 6.92 Å². The molecule has 0 spiro atoms. The first-order valence-electron chi connectivity index (χ1n) is 6.57. The first-order chi connectivity index (χ1) is 9.75. The van der Waals surface area contributed by atoms with E-state index < -0.39 is 12.0 Å². The summed E-state index contributed by atoms with van der Waals surface area (Å²) in [5.74, 6) is -1.42. The second-order valence-corrected chi connectivity index (χ2v) is 5.11. The molecule has 2 atom stereocenters. The Balaban J connectivity index is 2.14. The van der Waals surface area contributed by atoms with Gasteiger partial charge in [0.2, 0.25) is 5.82 Å². The summed E-state index contributed by atoms with van der Waals surface area (Å²) in [7, 11) is 1.31. The summed E-state index contributed by atoms with van der Waals surface area (Å²) in [5.41, 5.74) is 0. The van der Waals surface area contributed by atoms with Gasteiger partial charge < -0.3 is 9.30 Å². The number of fused-ring (bicyclic) bond motifs is 1. The van der Waals surface area contributed by atoms with E-state index in [1.807, 2.05) is 11.8 Å². The van der Waals surface area contributed by atoms with Crippen LogP contribution in [0.2, 0.25) is 0 Å². The van der Waals surface area contributed by atoms with Crippen LogP contribution in [0, 0.1) is 5.92 Å². The minimum absolute atomic E-state index is 0.148. The van der Waals surface area contributed by atoms with Crippen molar-refractivity contribution in [2.75, 3.05) is 13.7 Å². The van der Waals surface area contributed by atoms with Crippen LogP contribution in [0.15, 0.2) is 0 Å². The predicted octanol–water partition coefficient (Wildman–Crippen LogP) is 1.31. The Labute approximate surface area is 119 Å². The highest BCUT2D eigenvalue weighted by molar-refractivity contribution is 5.72. The lowest BCUT2D eigenvalue weighted by Gasteiger charge is -2.34. The van der Waals surface area contributed by atoms with Crippen LogP contribution in [-0.4, -0.2) is 45.3 Å². The summed E-state index contributed by atoms with van der Waals surface area (Å²) in [6.07, 6.45) is -4.50. The third-order valence-corrected chi connectivity index (χ3v) is 3.91. The number of hydrogen-bond acceptors (Lipinski definition) is 5. The largest absolute Gasteiger partial charge is 0.469 e. The molecule has 0 N–H and O–H groups in total. The molecule has 0 aromatic carbocycles. The molecular weight excluding hydrogens is 289 g/mol. The van der Waals surface area contributed by atoms with Crippen molar-refractivity contribution < 1.29 is 22.7 Å². The maximum absolute atomic E-state index is 12.7. The number of nitrogens with zero attached hydrogens (tertiary/aromatic N) is 4. The monoisotopic (exact) mass is 306 g/mol. The molecule has 0 bridgehead atoms. The highest BCUT2D eigenvalue weighted by atomic mass is 19.4. The zero-order valence-corrected chi connectivity index (χ0v) is 12.0. The number of esters is 1. The number of halogens is 3. The molecule has 0 saturated heterocycles. The lowest BCUT2D eigenvalue weighted by molar-refractivity contribution is -0.148. The first-order valence-corrected chi connectivity index (χ1v) is 6.57. The van der Waals surface area contributed by atoms with Crippen molar-refractivity contribution in [1.82, 2.24) is 19.7 Å². The van der Waals surface area contributed by atoms with Crippen molar-refractivity contribution in [3.8, 4) is 0 Å². The van der Waals surface area contributed by atoms with Gasteiger partial charge in [-0.05, 0) is 6.92 Å². The second kappa shape index (κ2) is 5.63. The van der Waals surface area contributed by atoms with Crippen LogP contribution < -0.4 is 0 Å². The second-order valence-electron chi connectivity index (χ2n) is 5.11. The molecule has 118 valence electrons. The lowest BCUT2D eigenvalue weighted by Crippen LogP contribution is -2.45. The molecule has 2 rings (SSSR count). The van der Waals surface area contributed by atoms with E-state index >= 15 is 0 Å². The molecule has 6 nitrogen and oxygen atoms in total. The maximum Gasteiger partial charge on any atom is 0.451 e. The highest BCUT2D eigenvalue weighted by Gasteiger charge is 2.40. The van der Waals surface area contributed by atoms with E-state index in [1.54, 1.807) is 6.92 Å². The van der Waals surface area contributed by atoms with E-state index in [-0.39, 0.29) is 36.8 Å². The van der Waals surface area contributed by atoms with Gasteiger partial charge in [0.1, 0.15) is 5.82 Å². The van der Waals surface area contributed by atoms with Crippen molar-refractivity contribution in [2.45, 2.75) is 39.2 Å². The fourth-order valence-corrected chi connectivity index (χ4v) is 2.43. The minimum Gasteiger partial charge on any atom is -0.469 e. The van der Waals surface area contributed by atoms with Crippen LogP contribution in [0.5, 0.6) is 0 Å². The first kappa shape index (κ1) is 15.7. The Morgan fingerprint density at radius 2 is 1.95 bits per heavy atom. The van der Waals surface area contributed by atoms with Crippen LogP contribution >= 0.6 is 0 Å². The number of carbonyl (C=O) groups excluding carboxylic acids is 1. The third kappa shape index (κ3) is 3.02. The number of carbonyl (C=O) groups is 1. The fraction of sp³-hybridized carbons (Fsp3) is 0.750. The van der Waals surface area contributed by atoms with Crippen LogP contribution in [0.4, 0.5) is 13.2 Å². The average molecular weight is 306 g/mol. The number of rotatable bonds is 3. The Morgan fingerprint density at radius 1 is 1.29 bits per heavy atom. The normalized spacial score (nSPS) is 19.0. The molecule has 0 aliphatic carbocycles. The third-order valence-electron chi connectivity index (χ3n) is 3.91. The molecule has 21 heavy (non-hydrogen) atoms. The number of alkyl halides is 3. The summed E-state index contributed by atoms with van der Waals surface area (Å²) in [6.45, 7) is 4.35. The maximum atomic E-state index is 12.7. The molecule has 1 aromatic rings.